The molecule has 0 bridgehead atoms. The fraction of sp³-hybridized carbons (Fsp3) is 0.250. The SMILES string of the molecule is CO/N=C(\C(=O)N[C@@H]1C(=O)N2C(OC(=O)O)=C(CSc3nnc4nc(C(=O)O)cc(O)n34)CS[C@H]12)c1csc(N)n1. The first-order valence-electron chi connectivity index (χ1n) is 11.1. The Bertz CT molecular complexity index is 1650. The lowest BCUT2D eigenvalue weighted by Gasteiger charge is -2.49. The number of carbonyl (C=O) groups is 4. The maximum absolute atomic E-state index is 13.1. The van der Waals surface area contributed by atoms with Crippen molar-refractivity contribution in [2.45, 2.75) is 16.6 Å². The summed E-state index contributed by atoms with van der Waals surface area (Å²) in [5.74, 6) is -3.32. The number of oxime groups is 1. The first-order chi connectivity index (χ1) is 19.6. The number of amides is 2. The summed E-state index contributed by atoms with van der Waals surface area (Å²) in [5, 5.41) is 43.8. The first-order valence-corrected chi connectivity index (χ1v) is 14.0. The number of β-lactam (4-membered cyclic amide) rings is 1. The number of aromatic nitrogens is 5. The molecule has 2 aliphatic heterocycles. The van der Waals surface area contributed by atoms with E-state index in [4.69, 9.17) is 20.4 Å². The minimum Gasteiger partial charge on any atom is -0.494 e. The largest absolute Gasteiger partial charge is 0.512 e. The summed E-state index contributed by atoms with van der Waals surface area (Å²) in [4.78, 5) is 62.3. The van der Waals surface area contributed by atoms with E-state index in [1.807, 2.05) is 0 Å². The summed E-state index contributed by atoms with van der Waals surface area (Å²) >= 11 is 3.35. The molecular weight excluding hydrogens is 606 g/mol. The minimum absolute atomic E-state index is 0.0555. The van der Waals surface area contributed by atoms with E-state index in [0.717, 1.165) is 38.5 Å². The number of hydrogen-bond acceptors (Lipinski definition) is 16. The number of carboxylic acid groups (broad SMARTS) is 2. The van der Waals surface area contributed by atoms with E-state index in [-0.39, 0.29) is 44.9 Å². The number of fused-ring (bicyclic) bond motifs is 2. The van der Waals surface area contributed by atoms with E-state index in [0.29, 0.717) is 5.57 Å². The number of nitrogens with two attached hydrogens (primary N) is 1. The van der Waals surface area contributed by atoms with Gasteiger partial charge in [-0.25, -0.2) is 24.0 Å². The van der Waals surface area contributed by atoms with Crippen molar-refractivity contribution in [2.24, 2.45) is 5.16 Å². The predicted octanol–water partition coefficient (Wildman–Crippen LogP) is 0.0157. The van der Waals surface area contributed by atoms with Crippen LogP contribution in [-0.4, -0.2) is 104 Å². The molecule has 0 saturated carbocycles. The summed E-state index contributed by atoms with van der Waals surface area (Å²) in [7, 11) is 1.24. The number of thioether (sulfide) groups is 2. The first kappa shape index (κ1) is 27.9. The third-order valence-electron chi connectivity index (χ3n) is 5.55. The zero-order valence-electron chi connectivity index (χ0n) is 20.4. The highest BCUT2D eigenvalue weighted by molar-refractivity contribution is 8.01. The molecule has 1 fully saturated rings. The normalized spacial score (nSPS) is 18.6. The molecule has 0 unspecified atom stereocenters. The summed E-state index contributed by atoms with van der Waals surface area (Å²) in [5.41, 5.74) is 5.57. The van der Waals surface area contributed by atoms with Crippen molar-refractivity contribution in [3.63, 3.8) is 0 Å². The Kier molecular flexibility index (Phi) is 7.55. The van der Waals surface area contributed by atoms with Crippen LogP contribution in [0.1, 0.15) is 16.2 Å². The fourth-order valence-electron chi connectivity index (χ4n) is 3.83. The van der Waals surface area contributed by atoms with Crippen LogP contribution in [0.4, 0.5) is 9.93 Å². The number of ether oxygens (including phenoxy) is 1. The fourth-order valence-corrected chi connectivity index (χ4v) is 6.76. The molecule has 5 rings (SSSR count). The van der Waals surface area contributed by atoms with Gasteiger partial charge in [-0.1, -0.05) is 16.9 Å². The van der Waals surface area contributed by atoms with Crippen molar-refractivity contribution in [3.05, 3.63) is 34.3 Å². The molecule has 0 aliphatic carbocycles. The average Bonchev–Trinajstić information content (AvgIpc) is 3.54. The number of aromatic carboxylic acids is 1. The third kappa shape index (κ3) is 5.28. The maximum atomic E-state index is 13.1. The molecule has 18 nitrogen and oxygen atoms in total. The number of aromatic hydroxyl groups is 1. The van der Waals surface area contributed by atoms with Crippen LogP contribution in [-0.2, 0) is 19.2 Å². The molecule has 3 aromatic rings. The van der Waals surface area contributed by atoms with Gasteiger partial charge in [0.2, 0.25) is 11.8 Å². The second-order valence-electron chi connectivity index (χ2n) is 8.04. The number of carbonyl (C=O) groups excluding carboxylic acids is 2. The van der Waals surface area contributed by atoms with Crippen LogP contribution >= 0.6 is 34.9 Å². The highest BCUT2D eigenvalue weighted by atomic mass is 32.2. The molecular formula is C20H17N9O9S3. The number of thiazole rings is 1. The van der Waals surface area contributed by atoms with Gasteiger partial charge in [-0.3, -0.25) is 14.5 Å². The lowest BCUT2D eigenvalue weighted by atomic mass is 10.1. The molecule has 2 aliphatic rings. The van der Waals surface area contributed by atoms with Crippen LogP contribution in [0.2, 0.25) is 0 Å². The molecule has 214 valence electrons. The molecule has 0 radical (unpaired) electrons. The Morgan fingerprint density at radius 3 is 2.71 bits per heavy atom. The quantitative estimate of drug-likeness (QED) is 0.0691. The van der Waals surface area contributed by atoms with Crippen LogP contribution < -0.4 is 11.1 Å². The van der Waals surface area contributed by atoms with Crippen molar-refractivity contribution in [1.82, 2.24) is 34.8 Å². The predicted molar refractivity (Wildman–Crippen MR) is 141 cm³/mol. The van der Waals surface area contributed by atoms with Gasteiger partial charge in [0.15, 0.2) is 21.7 Å². The highest BCUT2D eigenvalue weighted by Gasteiger charge is 2.54. The van der Waals surface area contributed by atoms with Crippen molar-refractivity contribution >= 4 is 75.4 Å². The average molecular weight is 624 g/mol. The van der Waals surface area contributed by atoms with Crippen molar-refractivity contribution in [3.8, 4) is 5.88 Å². The standard InChI is InChI=1S/C20H17N9O9S3/c1-37-27-10(8-5-40-17(21)22-8)12(31)24-11-13(32)29-14(38-20(35)36)6(3-39-15(11)29)4-41-19-26-25-18-23-7(16(33)34)2-9(30)28(18)19/h2,5,11,15,30H,3-4H2,1H3,(H2,21,22)(H,24,31)(H,33,34)(H,35,36)/b27-10-/t11-,15-/m1/s1. The summed E-state index contributed by atoms with van der Waals surface area (Å²) in [6.45, 7) is 0. The van der Waals surface area contributed by atoms with Crippen molar-refractivity contribution in [2.75, 3.05) is 24.3 Å². The molecule has 0 aromatic carbocycles. The lowest BCUT2D eigenvalue weighted by molar-refractivity contribution is -0.148. The molecule has 0 spiro atoms. The van der Waals surface area contributed by atoms with Crippen LogP contribution in [0.5, 0.6) is 5.88 Å². The summed E-state index contributed by atoms with van der Waals surface area (Å²) in [6, 6.07) is -0.0968. The van der Waals surface area contributed by atoms with E-state index in [1.54, 1.807) is 0 Å². The van der Waals surface area contributed by atoms with Gasteiger partial charge in [-0.05, 0) is 0 Å². The van der Waals surface area contributed by atoms with Gasteiger partial charge in [0.1, 0.15) is 24.2 Å². The van der Waals surface area contributed by atoms with Gasteiger partial charge < -0.3 is 35.9 Å². The molecule has 2 atom stereocenters. The van der Waals surface area contributed by atoms with E-state index < -0.39 is 46.9 Å². The topological polar surface area (TPSA) is 257 Å². The van der Waals surface area contributed by atoms with Gasteiger partial charge in [-0.15, -0.1) is 33.3 Å². The zero-order chi connectivity index (χ0) is 29.4. The van der Waals surface area contributed by atoms with Crippen LogP contribution in [0.15, 0.2) is 33.2 Å². The Morgan fingerprint density at radius 2 is 2.05 bits per heavy atom. The van der Waals surface area contributed by atoms with Gasteiger partial charge in [-0.2, -0.15) is 0 Å². The summed E-state index contributed by atoms with van der Waals surface area (Å²) < 4.78 is 6.08. The number of anilines is 1. The number of nitrogens with zero attached hydrogens (tertiary/aromatic N) is 7. The number of rotatable bonds is 9. The number of hydrogen-bond donors (Lipinski definition) is 5. The monoisotopic (exact) mass is 623 g/mol. The minimum atomic E-state index is -1.65. The van der Waals surface area contributed by atoms with Gasteiger partial charge in [0.05, 0.1) is 0 Å². The maximum Gasteiger partial charge on any atom is 0.512 e. The van der Waals surface area contributed by atoms with E-state index >= 15 is 0 Å². The van der Waals surface area contributed by atoms with Crippen LogP contribution in [0.3, 0.4) is 0 Å². The Balaban J connectivity index is 1.34. The van der Waals surface area contributed by atoms with Crippen LogP contribution in [0.25, 0.3) is 5.78 Å². The highest BCUT2D eigenvalue weighted by Crippen LogP contribution is 2.42. The molecule has 41 heavy (non-hydrogen) atoms. The molecule has 6 N–H and O–H groups in total. The number of carboxylic acids is 1. The zero-order valence-corrected chi connectivity index (χ0v) is 22.9. The Labute approximate surface area is 240 Å². The Hall–Kier alpha value is -4.63. The van der Waals surface area contributed by atoms with E-state index in [9.17, 15) is 29.4 Å². The summed E-state index contributed by atoms with van der Waals surface area (Å²) in [6.07, 6.45) is -1.65. The van der Waals surface area contributed by atoms with Gasteiger partial charge in [0, 0.05) is 28.5 Å². The lowest BCUT2D eigenvalue weighted by Crippen LogP contribution is -2.70. The van der Waals surface area contributed by atoms with Crippen molar-refractivity contribution in [1.29, 1.82) is 0 Å². The van der Waals surface area contributed by atoms with E-state index in [2.05, 4.69) is 30.6 Å². The second kappa shape index (κ2) is 11.1. The number of nitrogen functional groups attached to an aromatic ring is 1. The van der Waals surface area contributed by atoms with Crippen LogP contribution in [0, 0.1) is 0 Å². The molecule has 21 heteroatoms. The third-order valence-corrected chi connectivity index (χ3v) is 8.58. The van der Waals surface area contributed by atoms with Gasteiger partial charge in [0.25, 0.3) is 17.6 Å². The Morgan fingerprint density at radius 1 is 1.27 bits per heavy atom. The van der Waals surface area contributed by atoms with Gasteiger partial charge >= 0.3 is 12.1 Å². The second-order valence-corrected chi connectivity index (χ2v) is 11.0. The number of nitrogens with one attached hydrogen (secondary N) is 1. The smallest absolute Gasteiger partial charge is 0.494 e. The molecule has 5 heterocycles. The molecule has 2 amide bonds. The van der Waals surface area contributed by atoms with Crippen molar-refractivity contribution < 1.29 is 44.1 Å². The van der Waals surface area contributed by atoms with E-state index in [1.165, 1.54) is 24.3 Å². The molecule has 1 saturated heterocycles. The molecule has 3 aromatic heterocycles.